The SMILES string of the molecule is Cn1ncc(Cl)c1C(O)C(O)c1ccccc1. The molecule has 2 unspecified atom stereocenters. The van der Waals surface area contributed by atoms with E-state index in [2.05, 4.69) is 5.10 Å². The molecule has 2 rings (SSSR count). The molecule has 0 saturated carbocycles. The van der Waals surface area contributed by atoms with Crippen LogP contribution in [0, 0.1) is 0 Å². The highest BCUT2D eigenvalue weighted by Crippen LogP contribution is 2.32. The maximum atomic E-state index is 10.1. The van der Waals surface area contributed by atoms with Gasteiger partial charge >= 0.3 is 0 Å². The minimum absolute atomic E-state index is 0.343. The topological polar surface area (TPSA) is 58.3 Å². The van der Waals surface area contributed by atoms with Gasteiger partial charge in [0.15, 0.2) is 0 Å². The Balaban J connectivity index is 2.30. The van der Waals surface area contributed by atoms with Gasteiger partial charge in [0.05, 0.1) is 16.9 Å². The van der Waals surface area contributed by atoms with Crippen LogP contribution in [0.1, 0.15) is 23.5 Å². The highest BCUT2D eigenvalue weighted by Gasteiger charge is 2.25. The van der Waals surface area contributed by atoms with Crippen molar-refractivity contribution in [3.8, 4) is 0 Å². The Morgan fingerprint density at radius 3 is 2.35 bits per heavy atom. The largest absolute Gasteiger partial charge is 0.385 e. The number of benzene rings is 1. The monoisotopic (exact) mass is 252 g/mol. The first kappa shape index (κ1) is 12.1. The van der Waals surface area contributed by atoms with Crippen LogP contribution in [0.4, 0.5) is 0 Å². The maximum absolute atomic E-state index is 10.1. The fourth-order valence-corrected chi connectivity index (χ4v) is 2.01. The lowest BCUT2D eigenvalue weighted by Crippen LogP contribution is -2.14. The van der Waals surface area contributed by atoms with Crippen molar-refractivity contribution in [2.45, 2.75) is 12.2 Å². The third-order valence-corrected chi connectivity index (χ3v) is 2.95. The van der Waals surface area contributed by atoms with E-state index in [1.165, 1.54) is 10.9 Å². The van der Waals surface area contributed by atoms with Crippen LogP contribution in [0.2, 0.25) is 5.02 Å². The lowest BCUT2D eigenvalue weighted by atomic mass is 10.0. The molecule has 2 atom stereocenters. The maximum Gasteiger partial charge on any atom is 0.127 e. The summed E-state index contributed by atoms with van der Waals surface area (Å²) in [5, 5.41) is 24.4. The zero-order valence-corrected chi connectivity index (χ0v) is 10.0. The molecular formula is C12H13ClN2O2. The molecule has 2 aromatic rings. The molecule has 17 heavy (non-hydrogen) atoms. The highest BCUT2D eigenvalue weighted by atomic mass is 35.5. The van der Waals surface area contributed by atoms with Crippen molar-refractivity contribution in [1.82, 2.24) is 9.78 Å². The van der Waals surface area contributed by atoms with Crippen molar-refractivity contribution in [1.29, 1.82) is 0 Å². The van der Waals surface area contributed by atoms with E-state index in [-0.39, 0.29) is 0 Å². The van der Waals surface area contributed by atoms with E-state index < -0.39 is 12.2 Å². The van der Waals surface area contributed by atoms with Crippen molar-refractivity contribution in [2.24, 2.45) is 7.05 Å². The molecule has 1 aromatic heterocycles. The summed E-state index contributed by atoms with van der Waals surface area (Å²) in [5.41, 5.74) is 1.04. The zero-order chi connectivity index (χ0) is 12.4. The number of aliphatic hydroxyl groups is 2. The van der Waals surface area contributed by atoms with Gasteiger partial charge in [0.1, 0.15) is 12.2 Å². The molecule has 90 valence electrons. The lowest BCUT2D eigenvalue weighted by molar-refractivity contribution is 0.0124. The van der Waals surface area contributed by atoms with Gasteiger partial charge in [-0.1, -0.05) is 41.9 Å². The van der Waals surface area contributed by atoms with Gasteiger partial charge in [-0.25, -0.2) is 0 Å². The van der Waals surface area contributed by atoms with Crippen molar-refractivity contribution in [2.75, 3.05) is 0 Å². The number of aromatic nitrogens is 2. The second-order valence-electron chi connectivity index (χ2n) is 3.80. The minimum Gasteiger partial charge on any atom is -0.385 e. The Morgan fingerprint density at radius 1 is 1.18 bits per heavy atom. The fraction of sp³-hybridized carbons (Fsp3) is 0.250. The molecule has 0 bridgehead atoms. The molecule has 0 saturated heterocycles. The van der Waals surface area contributed by atoms with E-state index in [4.69, 9.17) is 11.6 Å². The average molecular weight is 253 g/mol. The van der Waals surface area contributed by atoms with Crippen LogP contribution in [0.25, 0.3) is 0 Å². The summed E-state index contributed by atoms with van der Waals surface area (Å²) in [6, 6.07) is 8.95. The number of hydrogen-bond acceptors (Lipinski definition) is 3. The summed E-state index contributed by atoms with van der Waals surface area (Å²) in [6.45, 7) is 0. The molecular weight excluding hydrogens is 240 g/mol. The molecule has 0 spiro atoms. The van der Waals surface area contributed by atoms with Crippen molar-refractivity contribution in [3.05, 3.63) is 52.8 Å². The summed E-state index contributed by atoms with van der Waals surface area (Å²) in [7, 11) is 1.67. The van der Waals surface area contributed by atoms with E-state index >= 15 is 0 Å². The first-order valence-corrected chi connectivity index (χ1v) is 5.57. The summed E-state index contributed by atoms with van der Waals surface area (Å²) < 4.78 is 1.46. The number of rotatable bonds is 3. The van der Waals surface area contributed by atoms with Crippen molar-refractivity contribution >= 4 is 11.6 Å². The van der Waals surface area contributed by atoms with Crippen LogP contribution in [0.3, 0.4) is 0 Å². The first-order chi connectivity index (χ1) is 8.11. The Morgan fingerprint density at radius 2 is 1.82 bits per heavy atom. The predicted octanol–water partition coefficient (Wildman–Crippen LogP) is 1.84. The standard InChI is InChI=1S/C12H13ClN2O2/c1-15-10(9(13)7-14-15)12(17)11(16)8-5-3-2-4-6-8/h2-7,11-12,16-17H,1H3. The third kappa shape index (κ3) is 2.34. The van der Waals surface area contributed by atoms with Gasteiger partial charge < -0.3 is 10.2 Å². The molecule has 2 N–H and O–H groups in total. The van der Waals surface area contributed by atoms with Gasteiger partial charge in [-0.05, 0) is 5.56 Å². The molecule has 0 aliphatic carbocycles. The van der Waals surface area contributed by atoms with Crippen LogP contribution in [0.15, 0.2) is 36.5 Å². The Labute approximate surface area is 104 Å². The molecule has 5 heteroatoms. The molecule has 1 aromatic carbocycles. The summed E-state index contributed by atoms with van der Waals surface area (Å²) >= 11 is 5.92. The number of aryl methyl sites for hydroxylation is 1. The Hall–Kier alpha value is -1.36. The van der Waals surface area contributed by atoms with Crippen LogP contribution in [0.5, 0.6) is 0 Å². The van der Waals surface area contributed by atoms with Crippen LogP contribution in [-0.2, 0) is 7.05 Å². The fourth-order valence-electron chi connectivity index (χ4n) is 1.73. The predicted molar refractivity (Wildman–Crippen MR) is 64.6 cm³/mol. The molecule has 0 aliphatic heterocycles. The van der Waals surface area contributed by atoms with E-state index in [0.717, 1.165) is 0 Å². The van der Waals surface area contributed by atoms with Crippen LogP contribution < -0.4 is 0 Å². The second-order valence-corrected chi connectivity index (χ2v) is 4.21. The minimum atomic E-state index is -1.10. The van der Waals surface area contributed by atoms with E-state index in [1.54, 1.807) is 31.3 Å². The van der Waals surface area contributed by atoms with Gasteiger partial charge in [0.25, 0.3) is 0 Å². The van der Waals surface area contributed by atoms with Gasteiger partial charge in [0.2, 0.25) is 0 Å². The second kappa shape index (κ2) is 4.87. The molecule has 4 nitrogen and oxygen atoms in total. The number of hydrogen-bond donors (Lipinski definition) is 2. The molecule has 0 amide bonds. The smallest absolute Gasteiger partial charge is 0.127 e. The van der Waals surface area contributed by atoms with Crippen molar-refractivity contribution < 1.29 is 10.2 Å². The average Bonchev–Trinajstić information content (AvgIpc) is 2.68. The van der Waals surface area contributed by atoms with Crippen LogP contribution >= 0.6 is 11.6 Å². The van der Waals surface area contributed by atoms with Gasteiger partial charge in [-0.2, -0.15) is 5.10 Å². The van der Waals surface area contributed by atoms with E-state index in [1.807, 2.05) is 6.07 Å². The highest BCUT2D eigenvalue weighted by molar-refractivity contribution is 6.31. The molecule has 0 fully saturated rings. The van der Waals surface area contributed by atoms with Gasteiger partial charge in [-0.15, -0.1) is 0 Å². The number of halogens is 1. The van der Waals surface area contributed by atoms with E-state index in [9.17, 15) is 10.2 Å². The number of aliphatic hydroxyl groups excluding tert-OH is 2. The summed E-state index contributed by atoms with van der Waals surface area (Å²) in [5.74, 6) is 0. The first-order valence-electron chi connectivity index (χ1n) is 5.19. The molecule has 1 heterocycles. The van der Waals surface area contributed by atoms with Crippen LogP contribution in [-0.4, -0.2) is 20.0 Å². The third-order valence-electron chi connectivity index (χ3n) is 2.66. The normalized spacial score (nSPS) is 14.6. The Kier molecular flexibility index (Phi) is 3.47. The molecule has 0 radical (unpaired) electrons. The zero-order valence-electron chi connectivity index (χ0n) is 9.29. The van der Waals surface area contributed by atoms with Gasteiger partial charge in [-0.3, -0.25) is 4.68 Å². The molecule has 0 aliphatic rings. The van der Waals surface area contributed by atoms with E-state index in [0.29, 0.717) is 16.3 Å². The summed E-state index contributed by atoms with van der Waals surface area (Å²) in [6.07, 6.45) is -0.681. The number of nitrogens with zero attached hydrogens (tertiary/aromatic N) is 2. The Bertz CT molecular complexity index is 479. The van der Waals surface area contributed by atoms with Gasteiger partial charge in [0, 0.05) is 7.05 Å². The quantitative estimate of drug-likeness (QED) is 0.876. The summed E-state index contributed by atoms with van der Waals surface area (Å²) in [4.78, 5) is 0. The lowest BCUT2D eigenvalue weighted by Gasteiger charge is -2.18. The van der Waals surface area contributed by atoms with Crippen molar-refractivity contribution in [3.63, 3.8) is 0 Å².